The zero-order chi connectivity index (χ0) is 25.5. The number of hydrogen-bond acceptors (Lipinski definition) is 8. The second-order valence-corrected chi connectivity index (χ2v) is 8.38. The van der Waals surface area contributed by atoms with Crippen LogP contribution in [0.15, 0.2) is 72.8 Å². The van der Waals surface area contributed by atoms with Gasteiger partial charge in [-0.3, -0.25) is 4.79 Å². The summed E-state index contributed by atoms with van der Waals surface area (Å²) >= 11 is 0. The molecule has 194 valence electrons. The van der Waals surface area contributed by atoms with Crippen molar-refractivity contribution in [1.82, 2.24) is 10.6 Å². The van der Waals surface area contributed by atoms with Crippen molar-refractivity contribution in [1.29, 1.82) is 0 Å². The summed E-state index contributed by atoms with van der Waals surface area (Å²) in [6.07, 6.45) is 0.824. The number of carbonyl (C=O) groups excluding carboxylic acids is 3. The van der Waals surface area contributed by atoms with Crippen molar-refractivity contribution in [2.75, 3.05) is 13.1 Å². The molecule has 4 rings (SSSR count). The number of carbonyl (C=O) groups is 3. The number of esters is 2. The third-order valence-corrected chi connectivity index (χ3v) is 5.76. The Morgan fingerprint density at radius 1 is 0.784 bits per heavy atom. The number of phenolic OH excluding ortho intramolecular Hbond substituents is 2. The Hall–Kier alpha value is -4.08. The monoisotopic (exact) mass is 526 g/mol. The van der Waals surface area contributed by atoms with Gasteiger partial charge in [0, 0.05) is 12.1 Å². The summed E-state index contributed by atoms with van der Waals surface area (Å²) in [5.74, 6) is -1.11. The fourth-order valence-corrected chi connectivity index (χ4v) is 3.80. The van der Waals surface area contributed by atoms with E-state index in [9.17, 15) is 24.6 Å². The van der Waals surface area contributed by atoms with Crippen molar-refractivity contribution < 1.29 is 34.1 Å². The van der Waals surface area contributed by atoms with E-state index in [1.54, 1.807) is 0 Å². The Kier molecular flexibility index (Phi) is 9.48. The number of rotatable bonds is 6. The summed E-state index contributed by atoms with van der Waals surface area (Å²) in [5.41, 5.74) is 0.947. The van der Waals surface area contributed by atoms with Crippen LogP contribution in [0.3, 0.4) is 0 Å². The van der Waals surface area contributed by atoms with Crippen molar-refractivity contribution >= 4 is 30.3 Å². The van der Waals surface area contributed by atoms with Crippen molar-refractivity contribution in [3.63, 3.8) is 0 Å². The summed E-state index contributed by atoms with van der Waals surface area (Å²) in [6.45, 7) is 1.17. The molecule has 0 radical (unpaired) electrons. The van der Waals surface area contributed by atoms with Gasteiger partial charge in [-0.15, -0.1) is 12.4 Å². The van der Waals surface area contributed by atoms with Crippen LogP contribution in [0.25, 0.3) is 0 Å². The van der Waals surface area contributed by atoms with E-state index in [4.69, 9.17) is 9.47 Å². The number of halogens is 1. The minimum atomic E-state index is -0.588. The normalized spacial score (nSPS) is 17.0. The van der Waals surface area contributed by atoms with E-state index in [1.807, 2.05) is 0 Å². The molecule has 1 aliphatic rings. The van der Waals surface area contributed by atoms with Gasteiger partial charge >= 0.3 is 11.9 Å². The predicted octanol–water partition coefficient (Wildman–Crippen LogP) is 3.45. The third kappa shape index (κ3) is 7.45. The molecule has 9 nitrogen and oxygen atoms in total. The van der Waals surface area contributed by atoms with Crippen molar-refractivity contribution in [2.45, 2.75) is 25.0 Å². The summed E-state index contributed by atoms with van der Waals surface area (Å²) in [6, 6.07) is 17.1. The van der Waals surface area contributed by atoms with Gasteiger partial charge in [0.05, 0.1) is 17.2 Å². The van der Waals surface area contributed by atoms with Crippen LogP contribution in [0.1, 0.15) is 43.9 Å². The molecule has 4 N–H and O–H groups in total. The fraction of sp³-hybridized carbons (Fsp3) is 0.222. The predicted molar refractivity (Wildman–Crippen MR) is 137 cm³/mol. The van der Waals surface area contributed by atoms with Gasteiger partial charge in [0.2, 0.25) is 0 Å². The maximum Gasteiger partial charge on any atom is 0.343 e. The molecule has 0 aromatic heterocycles. The number of ether oxygens (including phenoxy) is 2. The number of phenols is 2. The van der Waals surface area contributed by atoms with Gasteiger partial charge in [-0.25, -0.2) is 9.59 Å². The van der Waals surface area contributed by atoms with Crippen LogP contribution in [0, 0.1) is 0 Å². The zero-order valence-electron chi connectivity index (χ0n) is 19.8. The lowest BCUT2D eigenvalue weighted by Gasteiger charge is -2.26. The van der Waals surface area contributed by atoms with Crippen LogP contribution < -0.4 is 15.4 Å². The first-order valence-corrected chi connectivity index (χ1v) is 11.5. The van der Waals surface area contributed by atoms with E-state index in [2.05, 4.69) is 10.6 Å². The Labute approximate surface area is 219 Å². The topological polar surface area (TPSA) is 134 Å². The number of hydrogen-bond donors (Lipinski definition) is 4. The first-order chi connectivity index (χ1) is 17.4. The lowest BCUT2D eigenvalue weighted by atomic mass is 10.1. The fourth-order valence-electron chi connectivity index (χ4n) is 3.80. The molecule has 0 spiro atoms. The Bertz CT molecular complexity index is 1220. The molecule has 0 aliphatic carbocycles. The summed E-state index contributed by atoms with van der Waals surface area (Å²) in [4.78, 5) is 37.7. The largest absolute Gasteiger partial charge is 0.508 e. The third-order valence-electron chi connectivity index (χ3n) is 5.76. The lowest BCUT2D eigenvalue weighted by Crippen LogP contribution is -2.49. The SMILES string of the molecule is Cl.O=C(N[C@@H]1CNCCC[C@H]1OC(=O)c1ccc(O)cc1)c1ccc(OC(=O)c2ccc(O)cc2)cc1. The second-order valence-electron chi connectivity index (χ2n) is 8.38. The highest BCUT2D eigenvalue weighted by Gasteiger charge is 2.29. The Morgan fingerprint density at radius 3 is 1.92 bits per heavy atom. The minimum absolute atomic E-state index is 0. The average Bonchev–Trinajstić information content (AvgIpc) is 3.10. The van der Waals surface area contributed by atoms with Crippen LogP contribution >= 0.6 is 12.4 Å². The first kappa shape index (κ1) is 27.5. The lowest BCUT2D eigenvalue weighted by molar-refractivity contribution is 0.0192. The maximum absolute atomic E-state index is 12.9. The molecular weight excluding hydrogens is 500 g/mol. The number of benzene rings is 3. The summed E-state index contributed by atoms with van der Waals surface area (Å²) in [7, 11) is 0. The van der Waals surface area contributed by atoms with Gasteiger partial charge in [0.1, 0.15) is 23.4 Å². The van der Waals surface area contributed by atoms with Gasteiger partial charge in [-0.1, -0.05) is 0 Å². The molecule has 0 unspecified atom stereocenters. The van der Waals surface area contributed by atoms with E-state index >= 15 is 0 Å². The molecule has 10 heteroatoms. The minimum Gasteiger partial charge on any atom is -0.508 e. The number of aromatic hydroxyl groups is 2. The zero-order valence-corrected chi connectivity index (χ0v) is 20.6. The van der Waals surface area contributed by atoms with Crippen LogP contribution in [0.4, 0.5) is 0 Å². The highest BCUT2D eigenvalue weighted by molar-refractivity contribution is 5.95. The van der Waals surface area contributed by atoms with Crippen LogP contribution in [-0.2, 0) is 4.74 Å². The summed E-state index contributed by atoms with van der Waals surface area (Å²) in [5, 5.41) is 24.9. The molecule has 0 bridgehead atoms. The second kappa shape index (κ2) is 12.8. The standard InChI is InChI=1S/C27H26N2O7.ClH/c30-20-9-3-18(4-10-20)26(33)35-22-13-7-17(8-14-22)25(32)29-23-16-28-15-1-2-24(23)36-27(34)19-5-11-21(31)12-6-19;/h3-14,23-24,28,30-31H,1-2,15-16H2,(H,29,32);1H/t23-,24-;/m1./s1. The average molecular weight is 527 g/mol. The highest BCUT2D eigenvalue weighted by Crippen LogP contribution is 2.18. The maximum atomic E-state index is 12.9. The first-order valence-electron chi connectivity index (χ1n) is 11.5. The molecule has 1 fully saturated rings. The van der Waals surface area contributed by atoms with Gasteiger partial charge in [-0.05, 0) is 92.2 Å². The van der Waals surface area contributed by atoms with Crippen LogP contribution in [-0.4, -0.2) is 53.3 Å². The smallest absolute Gasteiger partial charge is 0.343 e. The van der Waals surface area contributed by atoms with E-state index in [0.717, 1.165) is 13.0 Å². The quantitative estimate of drug-likeness (QED) is 0.283. The molecule has 0 saturated carbocycles. The highest BCUT2D eigenvalue weighted by atomic mass is 35.5. The van der Waals surface area contributed by atoms with Crippen molar-refractivity contribution in [3.05, 3.63) is 89.5 Å². The number of nitrogens with one attached hydrogen (secondary N) is 2. The molecule has 3 aromatic carbocycles. The summed E-state index contributed by atoms with van der Waals surface area (Å²) < 4.78 is 11.0. The van der Waals surface area contributed by atoms with E-state index in [0.29, 0.717) is 24.1 Å². The van der Waals surface area contributed by atoms with Gasteiger partial charge in [0.15, 0.2) is 0 Å². The molecule has 2 atom stereocenters. The Morgan fingerprint density at radius 2 is 1.32 bits per heavy atom. The van der Waals surface area contributed by atoms with Crippen molar-refractivity contribution in [2.24, 2.45) is 0 Å². The van der Waals surface area contributed by atoms with E-state index in [-0.39, 0.29) is 41.1 Å². The molecular formula is C27H27ClN2O7. The Balaban J connectivity index is 0.00000380. The van der Waals surface area contributed by atoms with Gasteiger partial charge in [-0.2, -0.15) is 0 Å². The molecule has 1 aliphatic heterocycles. The van der Waals surface area contributed by atoms with Crippen molar-refractivity contribution in [3.8, 4) is 17.2 Å². The van der Waals surface area contributed by atoms with E-state index in [1.165, 1.54) is 72.8 Å². The van der Waals surface area contributed by atoms with E-state index < -0.39 is 24.1 Å². The van der Waals surface area contributed by atoms with Gasteiger partial charge < -0.3 is 30.3 Å². The van der Waals surface area contributed by atoms with Gasteiger partial charge in [0.25, 0.3) is 5.91 Å². The molecule has 3 aromatic rings. The van der Waals surface area contributed by atoms with Crippen LogP contribution in [0.2, 0.25) is 0 Å². The van der Waals surface area contributed by atoms with Crippen LogP contribution in [0.5, 0.6) is 17.2 Å². The molecule has 1 heterocycles. The molecule has 37 heavy (non-hydrogen) atoms. The molecule has 1 amide bonds. The number of amides is 1. The molecule has 1 saturated heterocycles.